The zero-order valence-electron chi connectivity index (χ0n) is 19.5. The smallest absolute Gasteiger partial charge is 0.339 e. The SMILES string of the molecule is COC(=O)c1ccc(N2C(=O)NC(=O)/C(=C\c3ccc(OCc4ccccc4)c(C(=O)O)c3)C2=O)cc1. The number of carboxylic acid groups (broad SMARTS) is 1. The molecular weight excluding hydrogens is 480 g/mol. The summed E-state index contributed by atoms with van der Waals surface area (Å²) in [6.45, 7) is 0.147. The molecule has 0 unspecified atom stereocenters. The Labute approximate surface area is 210 Å². The molecule has 4 amide bonds. The Morgan fingerprint density at radius 2 is 1.68 bits per heavy atom. The monoisotopic (exact) mass is 500 g/mol. The van der Waals surface area contributed by atoms with Crippen LogP contribution in [0.15, 0.2) is 78.4 Å². The first-order valence-corrected chi connectivity index (χ1v) is 10.9. The van der Waals surface area contributed by atoms with Crippen molar-refractivity contribution in [3.8, 4) is 5.75 Å². The maximum Gasteiger partial charge on any atom is 0.339 e. The Morgan fingerprint density at radius 3 is 2.32 bits per heavy atom. The van der Waals surface area contributed by atoms with E-state index in [1.54, 1.807) is 0 Å². The Kier molecular flexibility index (Phi) is 7.10. The summed E-state index contributed by atoms with van der Waals surface area (Å²) in [7, 11) is 1.22. The van der Waals surface area contributed by atoms with Crippen molar-refractivity contribution in [2.45, 2.75) is 6.61 Å². The number of barbiturate groups is 1. The number of anilines is 1. The molecule has 0 bridgehead atoms. The minimum Gasteiger partial charge on any atom is -0.488 e. The van der Waals surface area contributed by atoms with E-state index in [9.17, 15) is 29.1 Å². The number of carboxylic acids is 1. The van der Waals surface area contributed by atoms with Gasteiger partial charge in [-0.15, -0.1) is 0 Å². The van der Waals surface area contributed by atoms with Crippen molar-refractivity contribution >= 4 is 41.5 Å². The van der Waals surface area contributed by atoms with E-state index < -0.39 is 29.8 Å². The molecule has 3 aromatic carbocycles. The first-order chi connectivity index (χ1) is 17.8. The predicted octanol–water partition coefficient (Wildman–Crippen LogP) is 3.42. The lowest BCUT2D eigenvalue weighted by Gasteiger charge is -2.26. The van der Waals surface area contributed by atoms with Crippen LogP contribution in [0.1, 0.15) is 31.8 Å². The van der Waals surface area contributed by atoms with Gasteiger partial charge in [-0.25, -0.2) is 19.3 Å². The third kappa shape index (κ3) is 5.38. The number of benzene rings is 3. The first-order valence-electron chi connectivity index (χ1n) is 10.9. The lowest BCUT2D eigenvalue weighted by Crippen LogP contribution is -2.54. The molecular formula is C27H20N2O8. The van der Waals surface area contributed by atoms with E-state index in [0.717, 1.165) is 10.5 Å². The van der Waals surface area contributed by atoms with Gasteiger partial charge in [-0.05, 0) is 53.6 Å². The lowest BCUT2D eigenvalue weighted by molar-refractivity contribution is -0.122. The van der Waals surface area contributed by atoms with Crippen LogP contribution in [0.3, 0.4) is 0 Å². The second-order valence-electron chi connectivity index (χ2n) is 7.83. The largest absolute Gasteiger partial charge is 0.488 e. The number of esters is 1. The molecule has 1 aliphatic rings. The Bertz CT molecular complexity index is 1430. The lowest BCUT2D eigenvalue weighted by atomic mass is 10.0. The van der Waals surface area contributed by atoms with Crippen molar-refractivity contribution in [3.63, 3.8) is 0 Å². The second-order valence-corrected chi connectivity index (χ2v) is 7.83. The maximum atomic E-state index is 13.1. The molecule has 1 fully saturated rings. The highest BCUT2D eigenvalue weighted by molar-refractivity contribution is 6.39. The van der Waals surface area contributed by atoms with Crippen LogP contribution in [0.25, 0.3) is 6.08 Å². The molecule has 3 aromatic rings. The number of nitrogens with zero attached hydrogens (tertiary/aromatic N) is 1. The molecule has 37 heavy (non-hydrogen) atoms. The zero-order chi connectivity index (χ0) is 26.5. The fourth-order valence-electron chi connectivity index (χ4n) is 3.59. The Hall–Kier alpha value is -5.25. The highest BCUT2D eigenvalue weighted by Gasteiger charge is 2.37. The van der Waals surface area contributed by atoms with Crippen LogP contribution in [-0.2, 0) is 20.9 Å². The fraction of sp³-hybridized carbons (Fsp3) is 0.0741. The van der Waals surface area contributed by atoms with E-state index in [0.29, 0.717) is 0 Å². The molecule has 10 nitrogen and oxygen atoms in total. The van der Waals surface area contributed by atoms with E-state index in [4.69, 9.17) is 4.74 Å². The number of hydrogen-bond acceptors (Lipinski definition) is 7. The molecule has 0 aromatic heterocycles. The third-order valence-corrected chi connectivity index (χ3v) is 5.43. The molecule has 1 aliphatic heterocycles. The van der Waals surface area contributed by atoms with Crippen molar-refractivity contribution in [1.82, 2.24) is 5.32 Å². The summed E-state index contributed by atoms with van der Waals surface area (Å²) >= 11 is 0. The van der Waals surface area contributed by atoms with Gasteiger partial charge in [0, 0.05) is 0 Å². The van der Waals surface area contributed by atoms with E-state index in [1.165, 1.54) is 55.7 Å². The van der Waals surface area contributed by atoms with Gasteiger partial charge in [0.05, 0.1) is 18.4 Å². The molecule has 2 N–H and O–H groups in total. The van der Waals surface area contributed by atoms with Gasteiger partial charge in [0.1, 0.15) is 23.5 Å². The topological polar surface area (TPSA) is 139 Å². The van der Waals surface area contributed by atoms with E-state index in [1.807, 2.05) is 30.3 Å². The van der Waals surface area contributed by atoms with Crippen LogP contribution in [0, 0.1) is 0 Å². The van der Waals surface area contributed by atoms with E-state index >= 15 is 0 Å². The molecule has 0 atom stereocenters. The van der Waals surface area contributed by atoms with Crippen LogP contribution in [0.2, 0.25) is 0 Å². The van der Waals surface area contributed by atoms with Crippen LogP contribution >= 0.6 is 0 Å². The number of amides is 4. The molecule has 1 saturated heterocycles. The molecule has 4 rings (SSSR count). The van der Waals surface area contributed by atoms with Gasteiger partial charge in [-0.1, -0.05) is 36.4 Å². The quantitative estimate of drug-likeness (QED) is 0.286. The van der Waals surface area contributed by atoms with Gasteiger partial charge in [-0.3, -0.25) is 14.9 Å². The summed E-state index contributed by atoms with van der Waals surface area (Å²) < 4.78 is 10.3. The van der Waals surface area contributed by atoms with Crippen molar-refractivity contribution < 1.29 is 38.6 Å². The van der Waals surface area contributed by atoms with Crippen molar-refractivity contribution in [2.24, 2.45) is 0 Å². The van der Waals surface area contributed by atoms with Crippen LogP contribution < -0.4 is 15.0 Å². The normalized spacial score (nSPS) is 14.4. The molecule has 186 valence electrons. The number of urea groups is 1. The first kappa shape index (κ1) is 24.9. The van der Waals surface area contributed by atoms with Gasteiger partial charge >= 0.3 is 18.0 Å². The number of carbonyl (C=O) groups excluding carboxylic acids is 4. The van der Waals surface area contributed by atoms with E-state index in [2.05, 4.69) is 10.1 Å². The minimum atomic E-state index is -1.26. The van der Waals surface area contributed by atoms with E-state index in [-0.39, 0.29) is 40.3 Å². The van der Waals surface area contributed by atoms with Crippen LogP contribution in [0.5, 0.6) is 5.75 Å². The van der Waals surface area contributed by atoms with Crippen LogP contribution in [-0.4, -0.2) is 42.0 Å². The maximum absolute atomic E-state index is 13.1. The standard InChI is InChI=1S/C27H20N2O8/c1-36-26(34)18-8-10-19(11-9-18)29-24(31)21(23(30)28-27(29)35)14-17-7-12-22(20(13-17)25(32)33)37-15-16-5-3-2-4-6-16/h2-14H,15H2,1H3,(H,32,33)(H,28,30,35)/b21-14+. The number of ether oxygens (including phenoxy) is 2. The summed E-state index contributed by atoms with van der Waals surface area (Å²) in [5.74, 6) is -3.59. The zero-order valence-corrected chi connectivity index (χ0v) is 19.5. The number of aromatic carboxylic acids is 1. The molecule has 0 radical (unpaired) electrons. The number of rotatable bonds is 7. The molecule has 0 aliphatic carbocycles. The fourth-order valence-corrected chi connectivity index (χ4v) is 3.59. The minimum absolute atomic E-state index is 0.112. The molecule has 0 saturated carbocycles. The highest BCUT2D eigenvalue weighted by Crippen LogP contribution is 2.26. The van der Waals surface area contributed by atoms with Crippen molar-refractivity contribution in [2.75, 3.05) is 12.0 Å². The van der Waals surface area contributed by atoms with Gasteiger partial charge in [0.2, 0.25) is 0 Å². The summed E-state index contributed by atoms with van der Waals surface area (Å²) in [6.07, 6.45) is 1.19. The van der Waals surface area contributed by atoms with Crippen LogP contribution in [0.4, 0.5) is 10.5 Å². The average Bonchev–Trinajstić information content (AvgIpc) is 2.90. The summed E-state index contributed by atoms with van der Waals surface area (Å²) in [4.78, 5) is 62.3. The Morgan fingerprint density at radius 1 is 0.973 bits per heavy atom. The summed E-state index contributed by atoms with van der Waals surface area (Å²) in [5.41, 5.74) is 0.853. The predicted molar refractivity (Wildman–Crippen MR) is 131 cm³/mol. The molecule has 0 spiro atoms. The van der Waals surface area contributed by atoms with Crippen molar-refractivity contribution in [3.05, 3.63) is 101 Å². The number of nitrogens with one attached hydrogen (secondary N) is 1. The Balaban J connectivity index is 1.62. The number of imide groups is 2. The summed E-state index contributed by atoms with van der Waals surface area (Å²) in [5, 5.41) is 11.8. The third-order valence-electron chi connectivity index (χ3n) is 5.43. The second kappa shape index (κ2) is 10.6. The average molecular weight is 500 g/mol. The number of carbonyl (C=O) groups is 5. The highest BCUT2D eigenvalue weighted by atomic mass is 16.5. The molecule has 10 heteroatoms. The number of hydrogen-bond donors (Lipinski definition) is 2. The van der Waals surface area contributed by atoms with Crippen molar-refractivity contribution in [1.29, 1.82) is 0 Å². The number of methoxy groups -OCH3 is 1. The van der Waals surface area contributed by atoms with Gasteiger partial charge < -0.3 is 14.6 Å². The van der Waals surface area contributed by atoms with Gasteiger partial charge in [-0.2, -0.15) is 0 Å². The van der Waals surface area contributed by atoms with Gasteiger partial charge in [0.25, 0.3) is 11.8 Å². The van der Waals surface area contributed by atoms with Gasteiger partial charge in [0.15, 0.2) is 0 Å². The summed E-state index contributed by atoms with van der Waals surface area (Å²) in [6, 6.07) is 17.9. The molecule has 1 heterocycles.